The van der Waals surface area contributed by atoms with E-state index in [0.29, 0.717) is 10.6 Å². The molecular formula is C16H17ClFN. The largest absolute Gasteiger partial charge is 0.309 e. The Hall–Kier alpha value is -1.38. The van der Waals surface area contributed by atoms with Gasteiger partial charge in [-0.1, -0.05) is 35.9 Å². The topological polar surface area (TPSA) is 12.0 Å². The first kappa shape index (κ1) is 14.0. The molecule has 0 saturated carbocycles. The Morgan fingerprint density at radius 1 is 1.11 bits per heavy atom. The van der Waals surface area contributed by atoms with Crippen LogP contribution >= 0.6 is 11.6 Å². The highest BCUT2D eigenvalue weighted by Crippen LogP contribution is 2.28. The first-order chi connectivity index (χ1) is 9.02. The van der Waals surface area contributed by atoms with Crippen molar-refractivity contribution in [2.45, 2.75) is 19.9 Å². The minimum atomic E-state index is -0.198. The molecule has 0 amide bonds. The van der Waals surface area contributed by atoms with Gasteiger partial charge in [-0.05, 0) is 49.7 Å². The molecule has 0 bridgehead atoms. The number of nitrogens with one attached hydrogen (secondary N) is 1. The fourth-order valence-electron chi connectivity index (χ4n) is 2.16. The Kier molecular flexibility index (Phi) is 4.23. The van der Waals surface area contributed by atoms with E-state index >= 15 is 0 Å². The highest BCUT2D eigenvalue weighted by atomic mass is 35.5. The van der Waals surface area contributed by atoms with E-state index in [1.165, 1.54) is 0 Å². The Morgan fingerprint density at radius 3 is 2.42 bits per heavy atom. The van der Waals surface area contributed by atoms with Gasteiger partial charge in [-0.2, -0.15) is 0 Å². The van der Waals surface area contributed by atoms with Crippen LogP contribution in [0.4, 0.5) is 4.39 Å². The molecule has 0 heterocycles. The van der Waals surface area contributed by atoms with E-state index in [0.717, 1.165) is 16.7 Å². The number of benzene rings is 2. The second kappa shape index (κ2) is 5.72. The summed E-state index contributed by atoms with van der Waals surface area (Å²) in [5.41, 5.74) is 3.52. The van der Waals surface area contributed by atoms with Crippen molar-refractivity contribution in [1.82, 2.24) is 5.32 Å². The molecule has 0 saturated heterocycles. The lowest BCUT2D eigenvalue weighted by Gasteiger charge is -2.19. The fourth-order valence-corrected chi connectivity index (χ4v) is 2.35. The SMILES string of the molecule is CNC(c1ccc(C)c(Cl)c1)c1ccc(C)cc1F. The smallest absolute Gasteiger partial charge is 0.128 e. The third-order valence-electron chi connectivity index (χ3n) is 3.28. The second-order valence-corrected chi connectivity index (χ2v) is 5.16. The van der Waals surface area contributed by atoms with Crippen LogP contribution in [-0.4, -0.2) is 7.05 Å². The zero-order chi connectivity index (χ0) is 14.0. The van der Waals surface area contributed by atoms with Crippen LogP contribution in [0.2, 0.25) is 5.02 Å². The zero-order valence-electron chi connectivity index (χ0n) is 11.3. The molecule has 0 aromatic heterocycles. The number of halogens is 2. The monoisotopic (exact) mass is 277 g/mol. The zero-order valence-corrected chi connectivity index (χ0v) is 12.1. The van der Waals surface area contributed by atoms with Crippen LogP contribution in [0.5, 0.6) is 0 Å². The molecule has 1 N–H and O–H groups in total. The summed E-state index contributed by atoms with van der Waals surface area (Å²) in [6.45, 7) is 3.83. The molecule has 2 aromatic rings. The highest BCUT2D eigenvalue weighted by molar-refractivity contribution is 6.31. The third kappa shape index (κ3) is 2.96. The molecule has 0 aliphatic rings. The lowest BCUT2D eigenvalue weighted by molar-refractivity contribution is 0.575. The Bertz CT molecular complexity index is 595. The van der Waals surface area contributed by atoms with Crippen LogP contribution < -0.4 is 5.32 Å². The van der Waals surface area contributed by atoms with Crippen LogP contribution in [0, 0.1) is 19.7 Å². The van der Waals surface area contributed by atoms with Crippen LogP contribution in [-0.2, 0) is 0 Å². The molecule has 1 unspecified atom stereocenters. The molecule has 1 atom stereocenters. The first-order valence-corrected chi connectivity index (χ1v) is 6.60. The quantitative estimate of drug-likeness (QED) is 0.876. The van der Waals surface area contributed by atoms with E-state index in [2.05, 4.69) is 5.32 Å². The molecule has 100 valence electrons. The summed E-state index contributed by atoms with van der Waals surface area (Å²) in [7, 11) is 1.82. The Balaban J connectivity index is 2.46. The third-order valence-corrected chi connectivity index (χ3v) is 3.69. The van der Waals surface area contributed by atoms with Gasteiger partial charge in [0.15, 0.2) is 0 Å². The second-order valence-electron chi connectivity index (χ2n) is 4.76. The van der Waals surface area contributed by atoms with Crippen molar-refractivity contribution in [2.24, 2.45) is 0 Å². The standard InChI is InChI=1S/C16H17ClFN/c1-10-4-7-13(15(18)8-10)16(19-3)12-6-5-11(2)14(17)9-12/h4-9,16,19H,1-3H3. The minimum Gasteiger partial charge on any atom is -0.309 e. The van der Waals surface area contributed by atoms with Crippen molar-refractivity contribution < 1.29 is 4.39 Å². The molecule has 0 radical (unpaired) electrons. The van der Waals surface area contributed by atoms with Gasteiger partial charge < -0.3 is 5.32 Å². The molecular weight excluding hydrogens is 261 g/mol. The van der Waals surface area contributed by atoms with E-state index in [4.69, 9.17) is 11.6 Å². The molecule has 0 aliphatic heterocycles. The van der Waals surface area contributed by atoms with Gasteiger partial charge in [0.05, 0.1) is 6.04 Å². The van der Waals surface area contributed by atoms with E-state index in [-0.39, 0.29) is 11.9 Å². The average Bonchev–Trinajstić information content (AvgIpc) is 2.37. The minimum absolute atomic E-state index is 0.196. The van der Waals surface area contributed by atoms with Gasteiger partial charge in [0.2, 0.25) is 0 Å². The van der Waals surface area contributed by atoms with Crippen LogP contribution in [0.3, 0.4) is 0 Å². The summed E-state index contributed by atoms with van der Waals surface area (Å²) >= 11 is 6.15. The Morgan fingerprint density at radius 2 is 1.84 bits per heavy atom. The van der Waals surface area contributed by atoms with Gasteiger partial charge in [0.1, 0.15) is 5.82 Å². The molecule has 0 fully saturated rings. The first-order valence-electron chi connectivity index (χ1n) is 6.22. The maximum Gasteiger partial charge on any atom is 0.128 e. The molecule has 19 heavy (non-hydrogen) atoms. The van der Waals surface area contributed by atoms with Gasteiger partial charge >= 0.3 is 0 Å². The summed E-state index contributed by atoms with van der Waals surface area (Å²) in [5, 5.41) is 3.84. The van der Waals surface area contributed by atoms with E-state index in [1.807, 2.05) is 51.2 Å². The normalized spacial score (nSPS) is 12.5. The number of aryl methyl sites for hydroxylation is 2. The van der Waals surface area contributed by atoms with Gasteiger partial charge in [-0.25, -0.2) is 4.39 Å². The summed E-state index contributed by atoms with van der Waals surface area (Å²) < 4.78 is 14.1. The highest BCUT2D eigenvalue weighted by Gasteiger charge is 2.16. The van der Waals surface area contributed by atoms with E-state index in [9.17, 15) is 4.39 Å². The van der Waals surface area contributed by atoms with Crippen LogP contribution in [0.25, 0.3) is 0 Å². The summed E-state index contributed by atoms with van der Waals surface area (Å²) in [4.78, 5) is 0. The van der Waals surface area contributed by atoms with Crippen molar-refractivity contribution in [3.05, 3.63) is 69.5 Å². The summed E-state index contributed by atoms with van der Waals surface area (Å²) in [6.07, 6.45) is 0. The van der Waals surface area contributed by atoms with Crippen LogP contribution in [0.15, 0.2) is 36.4 Å². The summed E-state index contributed by atoms with van der Waals surface area (Å²) in [5.74, 6) is -0.198. The number of hydrogen-bond donors (Lipinski definition) is 1. The fraction of sp³-hybridized carbons (Fsp3) is 0.250. The van der Waals surface area contributed by atoms with Gasteiger partial charge in [-0.3, -0.25) is 0 Å². The van der Waals surface area contributed by atoms with E-state index in [1.54, 1.807) is 6.07 Å². The van der Waals surface area contributed by atoms with Crippen molar-refractivity contribution >= 4 is 11.6 Å². The average molecular weight is 278 g/mol. The van der Waals surface area contributed by atoms with E-state index < -0.39 is 0 Å². The number of rotatable bonds is 3. The predicted octanol–water partition coefficient (Wildman–Crippen LogP) is 4.40. The van der Waals surface area contributed by atoms with Gasteiger partial charge in [0.25, 0.3) is 0 Å². The van der Waals surface area contributed by atoms with Gasteiger partial charge in [-0.15, -0.1) is 0 Å². The van der Waals surface area contributed by atoms with Crippen molar-refractivity contribution in [2.75, 3.05) is 7.05 Å². The van der Waals surface area contributed by atoms with Crippen molar-refractivity contribution in [3.63, 3.8) is 0 Å². The molecule has 3 heteroatoms. The predicted molar refractivity (Wildman–Crippen MR) is 78.2 cm³/mol. The lowest BCUT2D eigenvalue weighted by Crippen LogP contribution is -2.19. The number of hydrogen-bond acceptors (Lipinski definition) is 1. The lowest BCUT2D eigenvalue weighted by atomic mass is 9.96. The molecule has 2 aromatic carbocycles. The Labute approximate surface area is 118 Å². The van der Waals surface area contributed by atoms with Crippen molar-refractivity contribution in [3.8, 4) is 0 Å². The molecule has 1 nitrogen and oxygen atoms in total. The van der Waals surface area contributed by atoms with Gasteiger partial charge in [0, 0.05) is 10.6 Å². The van der Waals surface area contributed by atoms with Crippen LogP contribution in [0.1, 0.15) is 28.3 Å². The molecule has 2 rings (SSSR count). The molecule has 0 spiro atoms. The molecule has 0 aliphatic carbocycles. The van der Waals surface area contributed by atoms with Crippen molar-refractivity contribution in [1.29, 1.82) is 0 Å². The summed E-state index contributed by atoms with van der Waals surface area (Å²) in [6, 6.07) is 10.9. The maximum absolute atomic E-state index is 14.1. The maximum atomic E-state index is 14.1.